The molecule has 0 aliphatic heterocycles. The molecule has 0 saturated carbocycles. The van der Waals surface area contributed by atoms with Crippen LogP contribution in [0.25, 0.3) is 0 Å². The van der Waals surface area contributed by atoms with Crippen LogP contribution in [0.1, 0.15) is 6.92 Å². The van der Waals surface area contributed by atoms with Crippen LogP contribution in [-0.2, 0) is 0 Å². The van der Waals surface area contributed by atoms with Crippen LogP contribution in [0.4, 0.5) is 0 Å². The summed E-state index contributed by atoms with van der Waals surface area (Å²) in [6.07, 6.45) is 2.32. The van der Waals surface area contributed by atoms with Crippen molar-refractivity contribution in [3.63, 3.8) is 0 Å². The van der Waals surface area contributed by atoms with E-state index in [9.17, 15) is 0 Å². The predicted molar refractivity (Wildman–Crippen MR) is 38.4 cm³/mol. The summed E-state index contributed by atoms with van der Waals surface area (Å²) in [7, 11) is 6.48. The molecule has 35 valence electrons. The van der Waals surface area contributed by atoms with Crippen molar-refractivity contribution in [2.75, 3.05) is 0 Å². The fourth-order valence-corrected chi connectivity index (χ4v) is 0.399. The van der Waals surface area contributed by atoms with E-state index in [1.807, 2.05) is 6.82 Å². The first-order chi connectivity index (χ1) is 3.41. The van der Waals surface area contributed by atoms with Crippen LogP contribution in [0, 0.1) is 0 Å². The highest BCUT2D eigenvalue weighted by atomic mass is 13.4. The lowest BCUT2D eigenvalue weighted by Gasteiger charge is -1.85. The lowest BCUT2D eigenvalue weighted by molar-refractivity contribution is 1.45. The molecule has 0 rings (SSSR count). The first kappa shape index (κ1) is 7.19. The van der Waals surface area contributed by atoms with E-state index in [1.165, 1.54) is 6.32 Å². The third-order valence-electron chi connectivity index (χ3n) is 0.827. The van der Waals surface area contributed by atoms with Gasteiger partial charge in [0.05, 0.1) is 21.6 Å². The van der Waals surface area contributed by atoms with Gasteiger partial charge < -0.3 is 0 Å². The van der Waals surface area contributed by atoms with E-state index in [4.69, 9.17) is 0 Å². The Morgan fingerprint density at radius 3 is 2.57 bits per heavy atom. The van der Waals surface area contributed by atoms with E-state index in [0.717, 1.165) is 6.22 Å². The van der Waals surface area contributed by atoms with E-state index < -0.39 is 0 Å². The molecular weight excluding hydrogens is 80.5 g/mol. The van der Waals surface area contributed by atoms with Gasteiger partial charge in [-0.3, -0.25) is 0 Å². The zero-order valence-electron chi connectivity index (χ0n) is 5.15. The Morgan fingerprint density at radius 1 is 1.43 bits per heavy atom. The minimum atomic E-state index is 1.13. The van der Waals surface area contributed by atoms with Gasteiger partial charge >= 0.3 is 0 Å². The first-order valence-corrected chi connectivity index (χ1v) is 2.84. The highest BCUT2D eigenvalue weighted by molar-refractivity contribution is 7.02. The average Bonchev–Trinajstić information content (AvgIpc) is 1.69. The Kier molecular flexibility index (Phi) is 6.37. The molecule has 0 aromatic rings. The minimum Gasteiger partial charge on any atom is -0.114 e. The van der Waals surface area contributed by atoms with Crippen molar-refractivity contribution in [2.45, 2.75) is 26.3 Å². The van der Waals surface area contributed by atoms with Crippen molar-refractivity contribution in [3.05, 3.63) is 0 Å². The number of rotatable bonds is 4. The molecule has 0 amide bonds. The standard InChI is InChI=1S/C4H10B3/c1-3-6-4-7-5-2/h3-4H2,1-2H3. The summed E-state index contributed by atoms with van der Waals surface area (Å²) in [5.41, 5.74) is 0. The first-order valence-electron chi connectivity index (χ1n) is 2.84. The Labute approximate surface area is 48.8 Å². The molecule has 0 bridgehead atoms. The van der Waals surface area contributed by atoms with Crippen molar-refractivity contribution >= 4 is 21.6 Å². The van der Waals surface area contributed by atoms with Crippen LogP contribution < -0.4 is 0 Å². The summed E-state index contributed by atoms with van der Waals surface area (Å²) < 4.78 is 0. The van der Waals surface area contributed by atoms with Gasteiger partial charge in [-0.05, 0) is 0 Å². The van der Waals surface area contributed by atoms with Crippen LogP contribution in [0.15, 0.2) is 0 Å². The van der Waals surface area contributed by atoms with E-state index in [1.54, 1.807) is 0 Å². The van der Waals surface area contributed by atoms with Gasteiger partial charge in [-0.15, -0.1) is 6.22 Å². The zero-order valence-corrected chi connectivity index (χ0v) is 5.15. The molecule has 0 N–H and O–H groups in total. The second-order valence-electron chi connectivity index (χ2n) is 1.50. The number of hydrogen-bond donors (Lipinski definition) is 0. The van der Waals surface area contributed by atoms with Crippen LogP contribution in [0.2, 0.25) is 19.4 Å². The fraction of sp³-hybridized carbons (Fsp3) is 1.00. The van der Waals surface area contributed by atoms with Crippen molar-refractivity contribution in [1.82, 2.24) is 0 Å². The van der Waals surface area contributed by atoms with Gasteiger partial charge in [0.25, 0.3) is 0 Å². The van der Waals surface area contributed by atoms with Crippen molar-refractivity contribution in [2.24, 2.45) is 0 Å². The third kappa shape index (κ3) is 6.19. The number of hydrogen-bond acceptors (Lipinski definition) is 0. The van der Waals surface area contributed by atoms with Gasteiger partial charge in [0, 0.05) is 0 Å². The zero-order chi connectivity index (χ0) is 5.54. The molecule has 3 radical (unpaired) electrons. The van der Waals surface area contributed by atoms with Crippen LogP contribution in [0.3, 0.4) is 0 Å². The van der Waals surface area contributed by atoms with E-state index >= 15 is 0 Å². The van der Waals surface area contributed by atoms with Crippen LogP contribution in [-0.4, -0.2) is 21.6 Å². The monoisotopic (exact) mass is 91.1 g/mol. The lowest BCUT2D eigenvalue weighted by Crippen LogP contribution is -2.01. The molecule has 0 aromatic carbocycles. The van der Waals surface area contributed by atoms with Gasteiger partial charge in [0.1, 0.15) is 0 Å². The summed E-state index contributed by atoms with van der Waals surface area (Å²) in [6, 6.07) is 0. The van der Waals surface area contributed by atoms with Crippen LogP contribution >= 0.6 is 0 Å². The van der Waals surface area contributed by atoms with Gasteiger partial charge in [0.15, 0.2) is 0 Å². The molecule has 0 spiro atoms. The minimum absolute atomic E-state index is 1.13. The average molecular weight is 90.6 g/mol. The topological polar surface area (TPSA) is 0 Å². The SMILES string of the molecule is C[B][B]C[B]CC. The second kappa shape index (κ2) is 6.19. The molecule has 0 fully saturated rings. The predicted octanol–water partition coefficient (Wildman–Crippen LogP) is 0.876. The molecule has 0 aliphatic rings. The maximum absolute atomic E-state index is 2.25. The normalized spacial score (nSPS) is 7.71. The fourth-order valence-electron chi connectivity index (χ4n) is 0.399. The molecule has 0 nitrogen and oxygen atoms in total. The smallest absolute Gasteiger partial charge is 0.0993 e. The molecule has 0 aromatic heterocycles. The molecule has 7 heavy (non-hydrogen) atoms. The van der Waals surface area contributed by atoms with Gasteiger partial charge in [-0.2, -0.15) is 0 Å². The quantitative estimate of drug-likeness (QED) is 0.355. The maximum Gasteiger partial charge on any atom is 0.0993 e. The van der Waals surface area contributed by atoms with Crippen molar-refractivity contribution in [3.8, 4) is 0 Å². The Balaban J connectivity index is 2.45. The van der Waals surface area contributed by atoms with Crippen LogP contribution in [0.5, 0.6) is 0 Å². The molecule has 0 aliphatic carbocycles. The summed E-state index contributed by atoms with van der Waals surface area (Å²) in [6.45, 7) is 4.20. The molecular formula is C4H10B3. The van der Waals surface area contributed by atoms with E-state index in [2.05, 4.69) is 28.5 Å². The lowest BCUT2D eigenvalue weighted by atomic mass is 9.33. The summed E-state index contributed by atoms with van der Waals surface area (Å²) in [4.78, 5) is 0. The maximum atomic E-state index is 2.25. The summed E-state index contributed by atoms with van der Waals surface area (Å²) >= 11 is 0. The Hall–Kier alpha value is 0.195. The van der Waals surface area contributed by atoms with Gasteiger partial charge in [0.2, 0.25) is 0 Å². The van der Waals surface area contributed by atoms with Gasteiger partial charge in [-0.1, -0.05) is 20.1 Å². The highest BCUT2D eigenvalue weighted by Crippen LogP contribution is 1.78. The second-order valence-corrected chi connectivity index (χ2v) is 1.50. The van der Waals surface area contributed by atoms with E-state index in [-0.39, 0.29) is 0 Å². The Morgan fingerprint density at radius 2 is 2.14 bits per heavy atom. The molecule has 0 saturated heterocycles. The van der Waals surface area contributed by atoms with Crippen molar-refractivity contribution < 1.29 is 0 Å². The summed E-state index contributed by atoms with van der Waals surface area (Å²) in [5.74, 6) is 0. The molecule has 0 atom stereocenters. The third-order valence-corrected chi connectivity index (χ3v) is 0.827. The van der Waals surface area contributed by atoms with Gasteiger partial charge in [-0.25, -0.2) is 0 Å². The highest BCUT2D eigenvalue weighted by Gasteiger charge is 1.85. The molecule has 3 heteroatoms. The molecule has 0 unspecified atom stereocenters. The summed E-state index contributed by atoms with van der Waals surface area (Å²) in [5, 5.41) is 0. The van der Waals surface area contributed by atoms with Crippen molar-refractivity contribution in [1.29, 1.82) is 0 Å². The molecule has 0 heterocycles. The van der Waals surface area contributed by atoms with E-state index in [0.29, 0.717) is 0 Å². The Bertz CT molecular complexity index is 26.1. The largest absolute Gasteiger partial charge is 0.114 e.